The molecule has 4 heteroatoms. The van der Waals surface area contributed by atoms with Gasteiger partial charge in [-0.05, 0) is 29.0 Å². The van der Waals surface area contributed by atoms with Crippen LogP contribution in [-0.4, -0.2) is 30.3 Å². The molecule has 2 amide bonds. The Balaban J connectivity index is 1.73. The zero-order valence-corrected chi connectivity index (χ0v) is 13.4. The second-order valence-electron chi connectivity index (χ2n) is 5.60. The molecular weight excluding hydrogens is 300 g/mol. The van der Waals surface area contributed by atoms with E-state index in [1.54, 1.807) is 13.1 Å². The zero-order chi connectivity index (χ0) is 16.9. The van der Waals surface area contributed by atoms with Gasteiger partial charge in [0.2, 0.25) is 5.91 Å². The van der Waals surface area contributed by atoms with Gasteiger partial charge < -0.3 is 10.2 Å². The Morgan fingerprint density at radius 1 is 0.875 bits per heavy atom. The third-order valence-corrected chi connectivity index (χ3v) is 3.81. The van der Waals surface area contributed by atoms with Gasteiger partial charge in [0.15, 0.2) is 0 Å². The predicted molar refractivity (Wildman–Crippen MR) is 96.0 cm³/mol. The number of amides is 2. The van der Waals surface area contributed by atoms with E-state index in [1.807, 2.05) is 66.7 Å². The minimum Gasteiger partial charge on any atom is -0.332 e. The lowest BCUT2D eigenvalue weighted by molar-refractivity contribution is -0.116. The molecule has 3 aromatic rings. The number of benzene rings is 3. The molecule has 0 unspecified atom stereocenters. The largest absolute Gasteiger partial charge is 0.332 e. The van der Waals surface area contributed by atoms with Crippen LogP contribution in [0.15, 0.2) is 72.8 Å². The number of fused-ring (bicyclic) bond motifs is 1. The third-order valence-electron chi connectivity index (χ3n) is 3.81. The smallest absolute Gasteiger partial charge is 0.254 e. The molecule has 0 aliphatic heterocycles. The quantitative estimate of drug-likeness (QED) is 0.800. The number of hydrogen-bond acceptors (Lipinski definition) is 2. The molecule has 0 fully saturated rings. The van der Waals surface area contributed by atoms with Gasteiger partial charge in [-0.15, -0.1) is 0 Å². The number of hydrogen-bond donors (Lipinski definition) is 1. The van der Waals surface area contributed by atoms with Gasteiger partial charge in [0.05, 0.1) is 6.54 Å². The van der Waals surface area contributed by atoms with E-state index in [1.165, 1.54) is 4.90 Å². The van der Waals surface area contributed by atoms with E-state index in [4.69, 9.17) is 0 Å². The van der Waals surface area contributed by atoms with Crippen LogP contribution in [0.25, 0.3) is 10.8 Å². The van der Waals surface area contributed by atoms with Gasteiger partial charge in [-0.3, -0.25) is 9.59 Å². The lowest BCUT2D eigenvalue weighted by Crippen LogP contribution is -2.35. The van der Waals surface area contributed by atoms with E-state index in [-0.39, 0.29) is 18.4 Å². The highest BCUT2D eigenvalue weighted by atomic mass is 16.2. The molecule has 0 spiro atoms. The predicted octanol–water partition coefficient (Wildman–Crippen LogP) is 3.55. The maximum absolute atomic E-state index is 12.7. The summed E-state index contributed by atoms with van der Waals surface area (Å²) < 4.78 is 0. The first kappa shape index (κ1) is 15.7. The summed E-state index contributed by atoms with van der Waals surface area (Å²) in [4.78, 5) is 26.2. The standard InChI is InChI=1S/C20H18N2O2/c1-22(14-19(23)21-16-10-3-2-4-11-16)20(24)18-13-7-9-15-8-5-6-12-17(15)18/h2-13H,14H2,1H3,(H,21,23). The Labute approximate surface area is 140 Å². The Morgan fingerprint density at radius 2 is 1.54 bits per heavy atom. The summed E-state index contributed by atoms with van der Waals surface area (Å²) in [5.41, 5.74) is 1.32. The zero-order valence-electron chi connectivity index (χ0n) is 13.4. The molecule has 0 aromatic heterocycles. The van der Waals surface area contributed by atoms with Crippen LogP contribution in [0.1, 0.15) is 10.4 Å². The fourth-order valence-corrected chi connectivity index (χ4v) is 2.63. The van der Waals surface area contributed by atoms with Gasteiger partial charge in [-0.25, -0.2) is 0 Å². The van der Waals surface area contributed by atoms with Crippen molar-refractivity contribution in [3.8, 4) is 0 Å². The van der Waals surface area contributed by atoms with Crippen molar-refractivity contribution in [2.24, 2.45) is 0 Å². The van der Waals surface area contributed by atoms with Crippen molar-refractivity contribution in [1.29, 1.82) is 0 Å². The van der Waals surface area contributed by atoms with Crippen molar-refractivity contribution < 1.29 is 9.59 Å². The van der Waals surface area contributed by atoms with Gasteiger partial charge in [-0.1, -0.05) is 54.6 Å². The molecule has 4 nitrogen and oxygen atoms in total. The molecule has 3 aromatic carbocycles. The molecule has 1 N–H and O–H groups in total. The summed E-state index contributed by atoms with van der Waals surface area (Å²) >= 11 is 0. The van der Waals surface area contributed by atoms with Crippen LogP contribution < -0.4 is 5.32 Å². The minimum atomic E-state index is -0.225. The summed E-state index contributed by atoms with van der Waals surface area (Å²) in [6.45, 7) is -0.00303. The van der Waals surface area contributed by atoms with Crippen molar-refractivity contribution in [3.05, 3.63) is 78.4 Å². The molecule has 0 aliphatic rings. The molecule has 3 rings (SSSR count). The monoisotopic (exact) mass is 318 g/mol. The van der Waals surface area contributed by atoms with Crippen molar-refractivity contribution in [3.63, 3.8) is 0 Å². The van der Waals surface area contributed by atoms with Crippen LogP contribution in [0.2, 0.25) is 0 Å². The highest BCUT2D eigenvalue weighted by molar-refractivity contribution is 6.08. The molecular formula is C20H18N2O2. The van der Waals surface area contributed by atoms with Crippen LogP contribution >= 0.6 is 0 Å². The Morgan fingerprint density at radius 3 is 2.33 bits per heavy atom. The van der Waals surface area contributed by atoms with E-state index in [0.29, 0.717) is 11.3 Å². The minimum absolute atomic E-state index is 0.00303. The number of para-hydroxylation sites is 1. The average Bonchev–Trinajstić information content (AvgIpc) is 2.61. The number of anilines is 1. The first-order valence-corrected chi connectivity index (χ1v) is 7.73. The van der Waals surface area contributed by atoms with Crippen LogP contribution in [0.4, 0.5) is 5.69 Å². The van der Waals surface area contributed by atoms with E-state index in [0.717, 1.165) is 10.8 Å². The fraction of sp³-hybridized carbons (Fsp3) is 0.100. The van der Waals surface area contributed by atoms with Gasteiger partial charge in [0, 0.05) is 18.3 Å². The van der Waals surface area contributed by atoms with Crippen molar-refractivity contribution in [1.82, 2.24) is 4.90 Å². The second-order valence-corrected chi connectivity index (χ2v) is 5.60. The van der Waals surface area contributed by atoms with Crippen molar-refractivity contribution in [2.75, 3.05) is 18.9 Å². The molecule has 0 saturated carbocycles. The van der Waals surface area contributed by atoms with Crippen molar-refractivity contribution >= 4 is 28.3 Å². The van der Waals surface area contributed by atoms with E-state index >= 15 is 0 Å². The molecule has 0 saturated heterocycles. The molecule has 0 heterocycles. The lowest BCUT2D eigenvalue weighted by Gasteiger charge is -2.18. The number of rotatable bonds is 4. The van der Waals surface area contributed by atoms with E-state index in [9.17, 15) is 9.59 Å². The summed E-state index contributed by atoms with van der Waals surface area (Å²) in [6.07, 6.45) is 0. The topological polar surface area (TPSA) is 49.4 Å². The highest BCUT2D eigenvalue weighted by Crippen LogP contribution is 2.19. The molecule has 120 valence electrons. The molecule has 0 radical (unpaired) electrons. The molecule has 24 heavy (non-hydrogen) atoms. The first-order chi connectivity index (χ1) is 11.6. The number of nitrogens with one attached hydrogen (secondary N) is 1. The maximum atomic E-state index is 12.7. The first-order valence-electron chi connectivity index (χ1n) is 7.73. The van der Waals surface area contributed by atoms with Gasteiger partial charge >= 0.3 is 0 Å². The molecule has 0 atom stereocenters. The van der Waals surface area contributed by atoms with Gasteiger partial charge in [-0.2, -0.15) is 0 Å². The number of carbonyl (C=O) groups is 2. The molecule has 0 bridgehead atoms. The third kappa shape index (κ3) is 3.43. The molecule has 0 aliphatic carbocycles. The maximum Gasteiger partial charge on any atom is 0.254 e. The van der Waals surface area contributed by atoms with E-state index < -0.39 is 0 Å². The van der Waals surface area contributed by atoms with Crippen molar-refractivity contribution in [2.45, 2.75) is 0 Å². The second kappa shape index (κ2) is 6.96. The van der Waals surface area contributed by atoms with Crippen LogP contribution in [0.3, 0.4) is 0 Å². The van der Waals surface area contributed by atoms with Crippen LogP contribution in [0, 0.1) is 0 Å². The lowest BCUT2D eigenvalue weighted by atomic mass is 10.0. The summed E-state index contributed by atoms with van der Waals surface area (Å²) in [7, 11) is 1.63. The SMILES string of the molecule is CN(CC(=O)Nc1ccccc1)C(=O)c1cccc2ccccc12. The van der Waals surface area contributed by atoms with Crippen LogP contribution in [0.5, 0.6) is 0 Å². The number of nitrogens with zero attached hydrogens (tertiary/aromatic N) is 1. The van der Waals surface area contributed by atoms with Crippen LogP contribution in [-0.2, 0) is 4.79 Å². The Kier molecular flexibility index (Phi) is 4.57. The summed E-state index contributed by atoms with van der Waals surface area (Å²) in [6, 6.07) is 22.5. The van der Waals surface area contributed by atoms with E-state index in [2.05, 4.69) is 5.32 Å². The number of likely N-dealkylation sites (N-methyl/N-ethyl adjacent to an activating group) is 1. The van der Waals surface area contributed by atoms with Gasteiger partial charge in [0.25, 0.3) is 5.91 Å². The Bertz CT molecular complexity index is 870. The fourth-order valence-electron chi connectivity index (χ4n) is 2.63. The number of carbonyl (C=O) groups excluding carboxylic acids is 2. The summed E-state index contributed by atoms with van der Waals surface area (Å²) in [5.74, 6) is -0.396. The normalized spacial score (nSPS) is 10.4. The highest BCUT2D eigenvalue weighted by Gasteiger charge is 2.17. The average molecular weight is 318 g/mol. The Hall–Kier alpha value is -3.14. The summed E-state index contributed by atoms with van der Waals surface area (Å²) in [5, 5.41) is 4.68. The van der Waals surface area contributed by atoms with Gasteiger partial charge in [0.1, 0.15) is 0 Å².